The van der Waals surface area contributed by atoms with Gasteiger partial charge in [-0.15, -0.1) is 5.92 Å². The van der Waals surface area contributed by atoms with Crippen molar-refractivity contribution in [3.05, 3.63) is 57.0 Å². The van der Waals surface area contributed by atoms with Crippen LogP contribution in [0, 0.1) is 11.8 Å². The van der Waals surface area contributed by atoms with Crippen molar-refractivity contribution >= 4 is 34.1 Å². The summed E-state index contributed by atoms with van der Waals surface area (Å²) in [5.74, 6) is 5.73. The van der Waals surface area contributed by atoms with Crippen LogP contribution in [0.5, 0.6) is 0 Å². The molecule has 2 N–H and O–H groups in total. The number of carbonyl (C=O) groups is 1. The highest BCUT2D eigenvalue weighted by molar-refractivity contribution is 5.78. The molecule has 0 saturated carbocycles. The minimum Gasteiger partial charge on any atom is -0.468 e. The molecule has 1 fully saturated rings. The van der Waals surface area contributed by atoms with E-state index in [0.717, 1.165) is 17.4 Å². The maximum absolute atomic E-state index is 13.9. The lowest BCUT2D eigenvalue weighted by atomic mass is 10.1. The van der Waals surface area contributed by atoms with E-state index < -0.39 is 23.8 Å². The van der Waals surface area contributed by atoms with Crippen molar-refractivity contribution in [3.63, 3.8) is 0 Å². The number of piperidine rings is 1. The predicted octanol–water partition coefficient (Wildman–Crippen LogP) is 0.475. The fourth-order valence-corrected chi connectivity index (χ4v) is 4.79. The van der Waals surface area contributed by atoms with Crippen LogP contribution in [0.3, 0.4) is 0 Å². The first-order valence-corrected chi connectivity index (χ1v) is 12.3. The molecule has 1 saturated heterocycles. The topological polar surface area (TPSA) is 143 Å². The molecule has 5 rings (SSSR count). The molecule has 0 aliphatic carbocycles. The summed E-state index contributed by atoms with van der Waals surface area (Å²) in [7, 11) is 1.24. The number of nitrogens with two attached hydrogens (primary N) is 1. The van der Waals surface area contributed by atoms with E-state index in [0.29, 0.717) is 35.6 Å². The Morgan fingerprint density at radius 2 is 1.95 bits per heavy atom. The first kappa shape index (κ1) is 25.2. The van der Waals surface area contributed by atoms with Crippen molar-refractivity contribution < 1.29 is 9.53 Å². The van der Waals surface area contributed by atoms with Crippen LogP contribution < -0.4 is 21.9 Å². The fraction of sp³-hybridized carbons (Fsp3) is 0.385. The number of hydrogen-bond donors (Lipinski definition) is 1. The van der Waals surface area contributed by atoms with Gasteiger partial charge in [0.2, 0.25) is 5.95 Å². The number of benzene rings is 1. The van der Waals surface area contributed by atoms with Gasteiger partial charge in [0.25, 0.3) is 5.56 Å². The average molecular weight is 517 g/mol. The van der Waals surface area contributed by atoms with Gasteiger partial charge in [0.1, 0.15) is 6.54 Å². The average Bonchev–Trinajstić information content (AvgIpc) is 3.31. The second-order valence-electron chi connectivity index (χ2n) is 9.16. The number of methoxy groups -OCH3 is 1. The number of rotatable bonds is 6. The normalized spacial score (nSPS) is 15.4. The zero-order chi connectivity index (χ0) is 26.8. The summed E-state index contributed by atoms with van der Waals surface area (Å²) in [6.45, 7) is 2.72. The van der Waals surface area contributed by atoms with Gasteiger partial charge in [-0.05, 0) is 37.5 Å². The first-order valence-electron chi connectivity index (χ1n) is 12.3. The first-order chi connectivity index (χ1) is 18.4. The quantitative estimate of drug-likeness (QED) is 0.286. The number of ether oxygens (including phenoxy) is 1. The van der Waals surface area contributed by atoms with Gasteiger partial charge in [-0.1, -0.05) is 12.0 Å². The van der Waals surface area contributed by atoms with Crippen molar-refractivity contribution in [3.8, 4) is 11.8 Å². The molecule has 4 aromatic rings. The van der Waals surface area contributed by atoms with E-state index in [-0.39, 0.29) is 30.3 Å². The van der Waals surface area contributed by atoms with Crippen molar-refractivity contribution in [1.82, 2.24) is 28.7 Å². The number of esters is 1. The monoisotopic (exact) mass is 516 g/mol. The van der Waals surface area contributed by atoms with Crippen LogP contribution in [0.25, 0.3) is 22.2 Å². The van der Waals surface area contributed by atoms with Gasteiger partial charge in [0.05, 0.1) is 31.2 Å². The second kappa shape index (κ2) is 10.5. The molecule has 1 aromatic carbocycles. The molecular formula is C26H28N8O4. The van der Waals surface area contributed by atoms with Crippen LogP contribution in [-0.4, -0.2) is 60.9 Å². The van der Waals surface area contributed by atoms with E-state index in [2.05, 4.69) is 21.8 Å². The van der Waals surface area contributed by atoms with Crippen molar-refractivity contribution in [2.24, 2.45) is 5.73 Å². The van der Waals surface area contributed by atoms with E-state index in [9.17, 15) is 14.4 Å². The molecule has 1 unspecified atom stereocenters. The summed E-state index contributed by atoms with van der Waals surface area (Å²) in [6, 6.07) is 5.31. The Balaban J connectivity index is 1.74. The standard InChI is InChI=1S/C26H28N8O4/c1-3-4-12-32-22-23(30-25(32)31-11-5-6-18(27)15-31)33(16-21(35)38-2)26(37)34(24(22)36)14-17-7-8-19-20(13-17)29-10-9-28-19/h7-10,13,18H,5-6,11-12,14-16,27H2,1-2H3. The molecule has 4 heterocycles. The number of carbonyl (C=O) groups excluding carboxylic acids is 1. The molecule has 196 valence electrons. The fourth-order valence-electron chi connectivity index (χ4n) is 4.79. The molecule has 3 aromatic heterocycles. The number of hydrogen-bond acceptors (Lipinski definition) is 9. The molecule has 12 heteroatoms. The number of imidazole rings is 1. The van der Waals surface area contributed by atoms with Crippen molar-refractivity contribution in [2.75, 3.05) is 25.1 Å². The van der Waals surface area contributed by atoms with E-state index >= 15 is 0 Å². The van der Waals surface area contributed by atoms with Crippen LogP contribution in [0.2, 0.25) is 0 Å². The highest BCUT2D eigenvalue weighted by Gasteiger charge is 2.27. The van der Waals surface area contributed by atoms with Gasteiger partial charge in [0, 0.05) is 31.5 Å². The van der Waals surface area contributed by atoms with Crippen molar-refractivity contribution in [2.45, 2.75) is 45.4 Å². The summed E-state index contributed by atoms with van der Waals surface area (Å²) in [5, 5.41) is 0. The number of aromatic nitrogens is 6. The van der Waals surface area contributed by atoms with Gasteiger partial charge in [0.15, 0.2) is 11.2 Å². The molecule has 1 atom stereocenters. The summed E-state index contributed by atoms with van der Waals surface area (Å²) in [5.41, 5.74) is 7.35. The molecule has 0 spiro atoms. The lowest BCUT2D eigenvalue weighted by Crippen LogP contribution is -2.44. The van der Waals surface area contributed by atoms with Crippen LogP contribution in [0.1, 0.15) is 25.3 Å². The molecular weight excluding hydrogens is 488 g/mol. The van der Waals surface area contributed by atoms with E-state index in [1.807, 2.05) is 4.90 Å². The predicted molar refractivity (Wildman–Crippen MR) is 142 cm³/mol. The second-order valence-corrected chi connectivity index (χ2v) is 9.16. The zero-order valence-corrected chi connectivity index (χ0v) is 21.3. The summed E-state index contributed by atoms with van der Waals surface area (Å²) in [6.07, 6.45) is 4.93. The Hall–Kier alpha value is -4.50. The third-order valence-corrected chi connectivity index (χ3v) is 6.64. The van der Waals surface area contributed by atoms with Gasteiger partial charge in [-0.3, -0.25) is 33.3 Å². The summed E-state index contributed by atoms with van der Waals surface area (Å²) in [4.78, 5) is 55.2. The largest absolute Gasteiger partial charge is 0.468 e. The third kappa shape index (κ3) is 4.64. The Morgan fingerprint density at radius 3 is 2.68 bits per heavy atom. The summed E-state index contributed by atoms with van der Waals surface area (Å²) >= 11 is 0. The Bertz CT molecular complexity index is 1710. The number of nitrogens with zero attached hydrogens (tertiary/aromatic N) is 7. The maximum atomic E-state index is 13.9. The highest BCUT2D eigenvalue weighted by atomic mass is 16.5. The smallest absolute Gasteiger partial charge is 0.333 e. The third-order valence-electron chi connectivity index (χ3n) is 6.64. The van der Waals surface area contributed by atoms with E-state index in [1.165, 1.54) is 11.7 Å². The Morgan fingerprint density at radius 1 is 1.16 bits per heavy atom. The SMILES string of the molecule is CC#CCn1c(N2CCCC(N)C2)nc2c1c(=O)n(Cc1ccc3nccnc3c1)c(=O)n2CC(=O)OC. The van der Waals surface area contributed by atoms with Crippen LogP contribution in [-0.2, 0) is 29.2 Å². The number of anilines is 1. The molecule has 1 aliphatic rings. The zero-order valence-electron chi connectivity index (χ0n) is 21.3. The molecule has 0 bridgehead atoms. The maximum Gasteiger partial charge on any atom is 0.333 e. The van der Waals surface area contributed by atoms with Gasteiger partial charge in [-0.2, -0.15) is 4.98 Å². The van der Waals surface area contributed by atoms with Gasteiger partial charge in [-0.25, -0.2) is 4.79 Å². The molecule has 38 heavy (non-hydrogen) atoms. The highest BCUT2D eigenvalue weighted by Crippen LogP contribution is 2.23. The lowest BCUT2D eigenvalue weighted by molar-refractivity contribution is -0.141. The Kier molecular flexibility index (Phi) is 6.93. The van der Waals surface area contributed by atoms with Crippen LogP contribution in [0.4, 0.5) is 5.95 Å². The molecule has 0 amide bonds. The van der Waals surface area contributed by atoms with Gasteiger partial charge < -0.3 is 15.4 Å². The molecule has 0 radical (unpaired) electrons. The Labute approximate surface area is 217 Å². The van der Waals surface area contributed by atoms with E-state index in [1.54, 1.807) is 42.1 Å². The number of fused-ring (bicyclic) bond motifs is 2. The molecule has 1 aliphatic heterocycles. The lowest BCUT2D eigenvalue weighted by Gasteiger charge is -2.31. The van der Waals surface area contributed by atoms with E-state index in [4.69, 9.17) is 15.5 Å². The minimum absolute atomic E-state index is 0.0319. The van der Waals surface area contributed by atoms with Gasteiger partial charge >= 0.3 is 11.7 Å². The summed E-state index contributed by atoms with van der Waals surface area (Å²) < 4.78 is 8.84. The molecule has 12 nitrogen and oxygen atoms in total. The van der Waals surface area contributed by atoms with Crippen molar-refractivity contribution in [1.29, 1.82) is 0 Å². The van der Waals surface area contributed by atoms with Crippen LogP contribution in [0.15, 0.2) is 40.2 Å². The van der Waals surface area contributed by atoms with Crippen LogP contribution >= 0.6 is 0 Å². The minimum atomic E-state index is -0.666.